The Morgan fingerprint density at radius 3 is 1.04 bits per heavy atom. The molecule has 0 aliphatic heterocycles. The van der Waals surface area contributed by atoms with Crippen LogP contribution >= 0.6 is 0 Å². The summed E-state index contributed by atoms with van der Waals surface area (Å²) in [6, 6.07) is 82.7. The summed E-state index contributed by atoms with van der Waals surface area (Å²) in [5.74, 6) is 0.266. The highest BCUT2D eigenvalue weighted by Gasteiger charge is 2.29. The van der Waals surface area contributed by atoms with Gasteiger partial charge in [-0.15, -0.1) is 0 Å². The van der Waals surface area contributed by atoms with Crippen molar-refractivity contribution in [3.05, 3.63) is 241 Å². The summed E-state index contributed by atoms with van der Waals surface area (Å²) in [4.78, 5) is 0. The zero-order valence-electron chi connectivity index (χ0n) is 31.4. The van der Waals surface area contributed by atoms with E-state index in [1.807, 2.05) is 0 Å². The normalized spacial score (nSPS) is 12.1. The second-order valence-corrected chi connectivity index (χ2v) is 15.2. The van der Waals surface area contributed by atoms with Crippen molar-refractivity contribution in [2.75, 3.05) is 0 Å². The molecule has 0 heteroatoms. The van der Waals surface area contributed by atoms with Gasteiger partial charge in [0.1, 0.15) is 0 Å². The van der Waals surface area contributed by atoms with E-state index in [2.05, 4.69) is 224 Å². The SMILES string of the molecule is c1ccc2c(c1)-c1ccccc1C2c1ccc(-c2ccc(-c3ccc(-c4cc(-c5cccc6ccccc56)cc(-c5cccc6ccccc56)c4)cc3)cc2)cc1. The van der Waals surface area contributed by atoms with E-state index in [0.717, 1.165) is 0 Å². The van der Waals surface area contributed by atoms with Gasteiger partial charge in [0.2, 0.25) is 0 Å². The molecule has 0 N–H and O–H groups in total. The lowest BCUT2D eigenvalue weighted by molar-refractivity contribution is 1.02. The zero-order chi connectivity index (χ0) is 37.7. The molecule has 0 bridgehead atoms. The lowest BCUT2D eigenvalue weighted by atomic mass is 9.88. The molecule has 10 aromatic rings. The Morgan fingerprint density at radius 1 is 0.228 bits per heavy atom. The molecule has 0 amide bonds. The average molecular weight is 723 g/mol. The monoisotopic (exact) mass is 722 g/mol. The van der Waals surface area contributed by atoms with Crippen molar-refractivity contribution in [1.29, 1.82) is 0 Å². The summed E-state index contributed by atoms with van der Waals surface area (Å²) in [7, 11) is 0. The van der Waals surface area contributed by atoms with Crippen LogP contribution in [0.5, 0.6) is 0 Å². The van der Waals surface area contributed by atoms with Gasteiger partial charge in [-0.25, -0.2) is 0 Å². The minimum Gasteiger partial charge on any atom is -0.0619 e. The Bertz CT molecular complexity index is 2940. The minimum absolute atomic E-state index is 0.266. The summed E-state index contributed by atoms with van der Waals surface area (Å²) >= 11 is 0. The first-order valence-electron chi connectivity index (χ1n) is 19.9. The van der Waals surface area contributed by atoms with Crippen LogP contribution in [-0.4, -0.2) is 0 Å². The molecule has 0 saturated carbocycles. The van der Waals surface area contributed by atoms with Crippen LogP contribution in [0.3, 0.4) is 0 Å². The lowest BCUT2D eigenvalue weighted by Gasteiger charge is -2.15. The zero-order valence-corrected chi connectivity index (χ0v) is 31.4. The van der Waals surface area contributed by atoms with Crippen LogP contribution in [0.15, 0.2) is 224 Å². The maximum absolute atomic E-state index is 2.36. The van der Waals surface area contributed by atoms with Crippen molar-refractivity contribution in [3.63, 3.8) is 0 Å². The van der Waals surface area contributed by atoms with Gasteiger partial charge in [0.15, 0.2) is 0 Å². The first kappa shape index (κ1) is 33.1. The summed E-state index contributed by atoms with van der Waals surface area (Å²) in [6.07, 6.45) is 0. The third-order valence-electron chi connectivity index (χ3n) is 12.0. The van der Waals surface area contributed by atoms with Gasteiger partial charge in [-0.05, 0) is 123 Å². The second kappa shape index (κ2) is 13.8. The quantitative estimate of drug-likeness (QED) is 0.160. The summed E-state index contributed by atoms with van der Waals surface area (Å²) in [6.45, 7) is 0. The van der Waals surface area contributed by atoms with Gasteiger partial charge in [-0.1, -0.05) is 206 Å². The van der Waals surface area contributed by atoms with Crippen molar-refractivity contribution >= 4 is 21.5 Å². The van der Waals surface area contributed by atoms with E-state index in [1.54, 1.807) is 0 Å². The molecule has 1 aliphatic carbocycles. The molecule has 0 spiro atoms. The summed E-state index contributed by atoms with van der Waals surface area (Å²) < 4.78 is 0. The molecule has 0 saturated heterocycles. The number of rotatable bonds is 6. The third-order valence-corrected chi connectivity index (χ3v) is 12.0. The fourth-order valence-electron chi connectivity index (χ4n) is 9.15. The molecule has 0 radical (unpaired) electrons. The topological polar surface area (TPSA) is 0 Å². The molecule has 57 heavy (non-hydrogen) atoms. The van der Waals surface area contributed by atoms with E-state index in [9.17, 15) is 0 Å². The van der Waals surface area contributed by atoms with E-state index >= 15 is 0 Å². The van der Waals surface area contributed by atoms with Gasteiger partial charge in [0.05, 0.1) is 0 Å². The van der Waals surface area contributed by atoms with Crippen LogP contribution in [0.2, 0.25) is 0 Å². The van der Waals surface area contributed by atoms with E-state index < -0.39 is 0 Å². The molecule has 10 aromatic carbocycles. The third kappa shape index (κ3) is 5.86. The molecule has 0 atom stereocenters. The van der Waals surface area contributed by atoms with E-state index in [4.69, 9.17) is 0 Å². The van der Waals surface area contributed by atoms with Gasteiger partial charge < -0.3 is 0 Å². The van der Waals surface area contributed by atoms with Gasteiger partial charge in [-0.2, -0.15) is 0 Å². The van der Waals surface area contributed by atoms with Crippen LogP contribution in [0.25, 0.3) is 88.3 Å². The predicted octanol–water partition coefficient (Wildman–Crippen LogP) is 15.5. The fraction of sp³-hybridized carbons (Fsp3) is 0.0175. The highest BCUT2D eigenvalue weighted by atomic mass is 14.3. The number of hydrogen-bond donors (Lipinski definition) is 0. The highest BCUT2D eigenvalue weighted by Crippen LogP contribution is 2.48. The van der Waals surface area contributed by atoms with E-state index in [-0.39, 0.29) is 5.92 Å². The standard InChI is InChI=1S/C57H38/c1-3-15-49-43(11-1)13-9-21-51(49)47-35-46(36-48(37-47)52-22-10-14-44-12-2-4-16-50(44)52)42-29-27-40(28-30-42)38-23-25-39(26-24-38)41-31-33-45(34-32-41)57-55-19-7-5-17-53(55)54-18-6-8-20-56(54)57/h1-37,57H. The Kier molecular flexibility index (Phi) is 8.00. The van der Waals surface area contributed by atoms with Crippen molar-refractivity contribution in [1.82, 2.24) is 0 Å². The van der Waals surface area contributed by atoms with Crippen molar-refractivity contribution in [3.8, 4) is 66.8 Å². The second-order valence-electron chi connectivity index (χ2n) is 15.2. The Labute approximate surface area is 334 Å². The number of fused-ring (bicyclic) bond motifs is 5. The molecular weight excluding hydrogens is 685 g/mol. The van der Waals surface area contributed by atoms with Gasteiger partial charge in [0.25, 0.3) is 0 Å². The number of hydrogen-bond acceptors (Lipinski definition) is 0. The molecule has 11 rings (SSSR count). The molecule has 0 nitrogen and oxygen atoms in total. The highest BCUT2D eigenvalue weighted by molar-refractivity contribution is 6.01. The Morgan fingerprint density at radius 2 is 0.561 bits per heavy atom. The van der Waals surface area contributed by atoms with E-state index in [0.29, 0.717) is 0 Å². The molecule has 1 aliphatic rings. The van der Waals surface area contributed by atoms with Gasteiger partial charge >= 0.3 is 0 Å². The van der Waals surface area contributed by atoms with Crippen LogP contribution < -0.4 is 0 Å². The molecule has 0 fully saturated rings. The maximum Gasteiger partial charge on any atom is 0.0352 e. The molecule has 0 aromatic heterocycles. The van der Waals surface area contributed by atoms with Crippen LogP contribution in [0.1, 0.15) is 22.6 Å². The van der Waals surface area contributed by atoms with Crippen LogP contribution in [0, 0.1) is 0 Å². The van der Waals surface area contributed by atoms with Crippen LogP contribution in [-0.2, 0) is 0 Å². The van der Waals surface area contributed by atoms with Crippen LogP contribution in [0.4, 0.5) is 0 Å². The van der Waals surface area contributed by atoms with Gasteiger partial charge in [0, 0.05) is 5.92 Å². The molecule has 0 unspecified atom stereocenters. The van der Waals surface area contributed by atoms with Gasteiger partial charge in [-0.3, -0.25) is 0 Å². The average Bonchev–Trinajstić information content (AvgIpc) is 3.63. The molecular formula is C57H38. The Hall–Kier alpha value is -7.28. The van der Waals surface area contributed by atoms with E-state index in [1.165, 1.54) is 105 Å². The maximum atomic E-state index is 2.36. The predicted molar refractivity (Wildman–Crippen MR) is 241 cm³/mol. The summed E-state index contributed by atoms with van der Waals surface area (Å²) in [5, 5.41) is 5.03. The molecule has 0 heterocycles. The van der Waals surface area contributed by atoms with Crippen molar-refractivity contribution < 1.29 is 0 Å². The smallest absolute Gasteiger partial charge is 0.0352 e. The lowest BCUT2D eigenvalue weighted by Crippen LogP contribution is -1.98. The minimum atomic E-state index is 0.266. The molecule has 266 valence electrons. The first-order chi connectivity index (χ1) is 28.2. The fourth-order valence-corrected chi connectivity index (χ4v) is 9.15. The Balaban J connectivity index is 0.905. The number of benzene rings is 10. The largest absolute Gasteiger partial charge is 0.0619 e. The van der Waals surface area contributed by atoms with Crippen molar-refractivity contribution in [2.24, 2.45) is 0 Å². The summed E-state index contributed by atoms with van der Waals surface area (Å²) in [5.41, 5.74) is 19.0. The van der Waals surface area contributed by atoms with Crippen molar-refractivity contribution in [2.45, 2.75) is 5.92 Å². The first-order valence-corrected chi connectivity index (χ1v) is 19.9.